The van der Waals surface area contributed by atoms with Crippen molar-refractivity contribution < 1.29 is 23.8 Å². The molecule has 0 heterocycles. The second-order valence-corrected chi connectivity index (χ2v) is 6.03. The third-order valence-electron chi connectivity index (χ3n) is 3.88. The van der Waals surface area contributed by atoms with Gasteiger partial charge in [0.1, 0.15) is 0 Å². The summed E-state index contributed by atoms with van der Waals surface area (Å²) in [7, 11) is 1.53. The minimum atomic E-state index is -0.918. The van der Waals surface area contributed by atoms with Crippen molar-refractivity contribution in [1.82, 2.24) is 5.32 Å². The molecule has 0 bridgehead atoms. The normalized spacial score (nSPS) is 11.7. The van der Waals surface area contributed by atoms with Crippen LogP contribution in [0.25, 0.3) is 6.08 Å². The molecule has 148 valence electrons. The van der Waals surface area contributed by atoms with Gasteiger partial charge < -0.3 is 19.5 Å². The molecule has 28 heavy (non-hydrogen) atoms. The fourth-order valence-electron chi connectivity index (χ4n) is 2.45. The van der Waals surface area contributed by atoms with Crippen LogP contribution in [-0.4, -0.2) is 31.7 Å². The molecular weight excluding hydrogens is 358 g/mol. The summed E-state index contributed by atoms with van der Waals surface area (Å²) in [5.74, 6) is -0.0710. The third kappa shape index (κ3) is 6.46. The Morgan fingerprint density at radius 2 is 1.86 bits per heavy atom. The molecule has 0 radical (unpaired) electrons. The maximum absolute atomic E-state index is 12.1. The van der Waals surface area contributed by atoms with E-state index in [1.807, 2.05) is 55.5 Å². The number of allylic oxidation sites excluding steroid dienone is 1. The van der Waals surface area contributed by atoms with Gasteiger partial charge in [-0.05, 0) is 37.1 Å². The van der Waals surface area contributed by atoms with Crippen LogP contribution >= 0.6 is 0 Å². The van der Waals surface area contributed by atoms with E-state index in [0.717, 1.165) is 11.1 Å². The Labute approximate surface area is 165 Å². The lowest BCUT2D eigenvalue weighted by Crippen LogP contribution is -2.36. The summed E-state index contributed by atoms with van der Waals surface area (Å²) >= 11 is 0. The van der Waals surface area contributed by atoms with E-state index < -0.39 is 12.1 Å². The number of esters is 1. The number of hydrogen-bond donors (Lipinski definition) is 1. The largest absolute Gasteiger partial charge is 0.493 e. The van der Waals surface area contributed by atoms with E-state index in [1.54, 1.807) is 12.1 Å². The van der Waals surface area contributed by atoms with Gasteiger partial charge in [-0.1, -0.05) is 48.6 Å². The first kappa shape index (κ1) is 21.0. The van der Waals surface area contributed by atoms with Crippen LogP contribution in [0.2, 0.25) is 0 Å². The van der Waals surface area contributed by atoms with Gasteiger partial charge in [0.25, 0.3) is 5.91 Å². The van der Waals surface area contributed by atoms with Crippen LogP contribution in [0.15, 0.2) is 54.6 Å². The zero-order valence-corrected chi connectivity index (χ0v) is 16.3. The lowest BCUT2D eigenvalue weighted by molar-refractivity contribution is -0.156. The summed E-state index contributed by atoms with van der Waals surface area (Å²) in [6.07, 6.45) is 2.92. The highest BCUT2D eigenvalue weighted by Gasteiger charge is 2.18. The van der Waals surface area contributed by atoms with Crippen molar-refractivity contribution in [2.45, 2.75) is 26.5 Å². The predicted octanol–water partition coefficient (Wildman–Crippen LogP) is 3.36. The first-order chi connectivity index (χ1) is 13.5. The summed E-state index contributed by atoms with van der Waals surface area (Å²) in [6, 6.07) is 14.9. The average Bonchev–Trinajstić information content (AvgIpc) is 2.71. The first-order valence-corrected chi connectivity index (χ1v) is 8.98. The van der Waals surface area contributed by atoms with Crippen molar-refractivity contribution in [2.75, 3.05) is 13.7 Å². The Hall–Kier alpha value is -3.28. The minimum Gasteiger partial charge on any atom is -0.493 e. The van der Waals surface area contributed by atoms with E-state index in [-0.39, 0.29) is 12.5 Å². The van der Waals surface area contributed by atoms with Gasteiger partial charge in [0, 0.05) is 6.54 Å². The predicted molar refractivity (Wildman–Crippen MR) is 107 cm³/mol. The molecule has 0 saturated carbocycles. The molecule has 2 rings (SSSR count). The number of benzene rings is 2. The van der Waals surface area contributed by atoms with Gasteiger partial charge in [0.2, 0.25) is 0 Å². The Bertz CT molecular complexity index is 817. The van der Waals surface area contributed by atoms with E-state index in [9.17, 15) is 9.59 Å². The zero-order valence-electron chi connectivity index (χ0n) is 16.3. The molecule has 2 aromatic rings. The molecule has 1 amide bonds. The summed E-state index contributed by atoms with van der Waals surface area (Å²) in [5, 5.41) is 2.73. The Morgan fingerprint density at radius 3 is 2.54 bits per heavy atom. The van der Waals surface area contributed by atoms with Crippen LogP contribution in [-0.2, 0) is 20.9 Å². The summed E-state index contributed by atoms with van der Waals surface area (Å²) < 4.78 is 15.9. The molecule has 0 spiro atoms. The van der Waals surface area contributed by atoms with Crippen molar-refractivity contribution in [2.24, 2.45) is 0 Å². The molecule has 6 heteroatoms. The van der Waals surface area contributed by atoms with E-state index in [2.05, 4.69) is 5.32 Å². The molecule has 1 atom stereocenters. The topological polar surface area (TPSA) is 73.9 Å². The third-order valence-corrected chi connectivity index (χ3v) is 3.88. The summed E-state index contributed by atoms with van der Waals surface area (Å²) in [6.45, 7) is 3.48. The van der Waals surface area contributed by atoms with Gasteiger partial charge in [0.05, 0.1) is 7.11 Å². The number of amides is 1. The fraction of sp³-hybridized carbons (Fsp3) is 0.273. The van der Waals surface area contributed by atoms with Gasteiger partial charge in [-0.25, -0.2) is 4.79 Å². The van der Waals surface area contributed by atoms with Gasteiger partial charge in [0.15, 0.2) is 24.2 Å². The molecule has 0 aliphatic carbocycles. The minimum absolute atomic E-state index is 0.324. The average molecular weight is 383 g/mol. The molecule has 0 saturated heterocycles. The fourth-order valence-corrected chi connectivity index (χ4v) is 2.45. The zero-order chi connectivity index (χ0) is 20.4. The molecule has 0 aliphatic rings. The van der Waals surface area contributed by atoms with Crippen molar-refractivity contribution in [3.8, 4) is 11.5 Å². The molecule has 6 nitrogen and oxygen atoms in total. The van der Waals surface area contributed by atoms with Gasteiger partial charge in [-0.3, -0.25) is 4.79 Å². The highest BCUT2D eigenvalue weighted by molar-refractivity contribution is 5.83. The highest BCUT2D eigenvalue weighted by Crippen LogP contribution is 2.28. The number of carbonyl (C=O) groups is 2. The van der Waals surface area contributed by atoms with Crippen LogP contribution in [0, 0.1) is 0 Å². The van der Waals surface area contributed by atoms with Crippen molar-refractivity contribution in [3.05, 3.63) is 65.7 Å². The second kappa shape index (κ2) is 10.8. The maximum Gasteiger partial charge on any atom is 0.344 e. The van der Waals surface area contributed by atoms with E-state index in [0.29, 0.717) is 18.0 Å². The van der Waals surface area contributed by atoms with Crippen molar-refractivity contribution >= 4 is 18.0 Å². The standard InChI is InChI=1S/C22H25NO5/c1-4-8-17-11-12-19(20(13-17)26-3)27-15-21(24)28-16(2)22(25)23-14-18-9-6-5-7-10-18/h4-13,16H,14-15H2,1-3H3,(H,23,25)/b8-4+/t16-/m1/s1. The van der Waals surface area contributed by atoms with Crippen molar-refractivity contribution in [1.29, 1.82) is 0 Å². The number of rotatable bonds is 9. The quantitative estimate of drug-likeness (QED) is 0.672. The smallest absolute Gasteiger partial charge is 0.344 e. The van der Waals surface area contributed by atoms with Crippen LogP contribution < -0.4 is 14.8 Å². The van der Waals surface area contributed by atoms with Gasteiger partial charge >= 0.3 is 5.97 Å². The second-order valence-electron chi connectivity index (χ2n) is 6.03. The molecular formula is C22H25NO5. The molecule has 0 aliphatic heterocycles. The SMILES string of the molecule is C/C=C/c1ccc(OCC(=O)O[C@H](C)C(=O)NCc2ccccc2)c(OC)c1. The molecule has 2 aromatic carbocycles. The van der Waals surface area contributed by atoms with E-state index in [1.165, 1.54) is 14.0 Å². The Balaban J connectivity index is 1.82. The van der Waals surface area contributed by atoms with Crippen LogP contribution in [0.4, 0.5) is 0 Å². The number of hydrogen-bond acceptors (Lipinski definition) is 5. The lowest BCUT2D eigenvalue weighted by atomic mass is 10.2. The van der Waals surface area contributed by atoms with Crippen LogP contribution in [0.1, 0.15) is 25.0 Å². The Morgan fingerprint density at radius 1 is 1.11 bits per heavy atom. The number of carbonyl (C=O) groups excluding carboxylic acids is 2. The van der Waals surface area contributed by atoms with Crippen molar-refractivity contribution in [3.63, 3.8) is 0 Å². The number of methoxy groups -OCH3 is 1. The Kier molecular flexibility index (Phi) is 8.09. The van der Waals surface area contributed by atoms with Gasteiger partial charge in [-0.15, -0.1) is 0 Å². The molecule has 0 aromatic heterocycles. The van der Waals surface area contributed by atoms with Gasteiger partial charge in [-0.2, -0.15) is 0 Å². The van der Waals surface area contributed by atoms with E-state index in [4.69, 9.17) is 14.2 Å². The van der Waals surface area contributed by atoms with Crippen LogP contribution in [0.3, 0.4) is 0 Å². The first-order valence-electron chi connectivity index (χ1n) is 8.98. The lowest BCUT2D eigenvalue weighted by Gasteiger charge is -2.15. The monoisotopic (exact) mass is 383 g/mol. The summed E-state index contributed by atoms with van der Waals surface area (Å²) in [5.41, 5.74) is 1.92. The van der Waals surface area contributed by atoms with Crippen LogP contribution in [0.5, 0.6) is 11.5 Å². The number of ether oxygens (including phenoxy) is 3. The maximum atomic E-state index is 12.1. The number of nitrogens with one attached hydrogen (secondary N) is 1. The molecule has 1 N–H and O–H groups in total. The summed E-state index contributed by atoms with van der Waals surface area (Å²) in [4.78, 5) is 24.1. The molecule has 0 fully saturated rings. The highest BCUT2D eigenvalue weighted by atomic mass is 16.6. The molecule has 0 unspecified atom stereocenters. The van der Waals surface area contributed by atoms with E-state index >= 15 is 0 Å².